The molecule has 82 valence electrons. The topological polar surface area (TPSA) is 47.3 Å². The molecule has 2 saturated carbocycles. The van der Waals surface area contributed by atoms with Gasteiger partial charge in [-0.25, -0.2) is 0 Å². The van der Waals surface area contributed by atoms with Crippen molar-refractivity contribution in [2.75, 3.05) is 20.2 Å². The summed E-state index contributed by atoms with van der Waals surface area (Å²) in [7, 11) is 1.82. The zero-order valence-corrected chi connectivity index (χ0v) is 9.09. The van der Waals surface area contributed by atoms with E-state index in [0.717, 1.165) is 13.1 Å². The summed E-state index contributed by atoms with van der Waals surface area (Å²) in [6.07, 6.45) is 6.82. The van der Waals surface area contributed by atoms with Crippen LogP contribution in [0, 0.1) is 5.41 Å². The van der Waals surface area contributed by atoms with Crippen LogP contribution in [-0.2, 0) is 4.74 Å². The van der Waals surface area contributed by atoms with Crippen LogP contribution in [0.4, 0.5) is 0 Å². The van der Waals surface area contributed by atoms with Crippen molar-refractivity contribution in [2.24, 2.45) is 11.1 Å². The molecule has 0 aromatic rings. The van der Waals surface area contributed by atoms with Gasteiger partial charge in [-0.1, -0.05) is 0 Å². The Balaban J connectivity index is 1.74. The number of hydrogen-bond acceptors (Lipinski definition) is 3. The Bertz CT molecular complexity index is 192. The van der Waals surface area contributed by atoms with E-state index in [-0.39, 0.29) is 0 Å². The summed E-state index contributed by atoms with van der Waals surface area (Å²) in [4.78, 5) is 0. The quantitative estimate of drug-likeness (QED) is 0.689. The van der Waals surface area contributed by atoms with Crippen molar-refractivity contribution >= 4 is 0 Å². The zero-order valence-electron chi connectivity index (χ0n) is 9.09. The molecule has 3 nitrogen and oxygen atoms in total. The molecule has 0 radical (unpaired) electrons. The number of hydrogen-bond donors (Lipinski definition) is 2. The number of nitrogens with two attached hydrogens (primary N) is 1. The Morgan fingerprint density at radius 2 is 2.21 bits per heavy atom. The van der Waals surface area contributed by atoms with Gasteiger partial charge >= 0.3 is 0 Å². The highest BCUT2D eigenvalue weighted by molar-refractivity contribution is 4.97. The summed E-state index contributed by atoms with van der Waals surface area (Å²) in [6.45, 7) is 1.93. The Labute approximate surface area is 86.4 Å². The molecule has 3 heteroatoms. The minimum Gasteiger partial charge on any atom is -0.380 e. The van der Waals surface area contributed by atoms with Crippen molar-refractivity contribution in [3.8, 4) is 0 Å². The Hall–Kier alpha value is -0.120. The van der Waals surface area contributed by atoms with E-state index in [1.165, 1.54) is 32.1 Å². The van der Waals surface area contributed by atoms with Crippen molar-refractivity contribution in [3.05, 3.63) is 0 Å². The molecule has 0 aromatic carbocycles. The number of ether oxygens (including phenoxy) is 1. The van der Waals surface area contributed by atoms with E-state index in [9.17, 15) is 0 Å². The van der Waals surface area contributed by atoms with Gasteiger partial charge in [0.1, 0.15) is 0 Å². The molecule has 0 spiro atoms. The van der Waals surface area contributed by atoms with Gasteiger partial charge in [-0.15, -0.1) is 0 Å². The fourth-order valence-electron chi connectivity index (χ4n) is 2.42. The monoisotopic (exact) mass is 198 g/mol. The van der Waals surface area contributed by atoms with Gasteiger partial charge in [0.15, 0.2) is 0 Å². The normalized spacial score (nSPS) is 34.7. The van der Waals surface area contributed by atoms with E-state index in [1.54, 1.807) is 0 Å². The Morgan fingerprint density at radius 3 is 2.79 bits per heavy atom. The standard InChI is InChI=1S/C11H22N2O/c1-14-10-4-2-3-9(10)13-8-11(7-12)5-6-11/h9-10,13H,2-8,12H2,1H3. The predicted octanol–water partition coefficient (Wildman–Crippen LogP) is 0.882. The van der Waals surface area contributed by atoms with Crippen LogP contribution in [0.2, 0.25) is 0 Å². The molecule has 2 fully saturated rings. The number of rotatable bonds is 5. The molecule has 0 aliphatic heterocycles. The van der Waals surface area contributed by atoms with Crippen LogP contribution >= 0.6 is 0 Å². The molecule has 2 rings (SSSR count). The van der Waals surface area contributed by atoms with Gasteiger partial charge in [0.2, 0.25) is 0 Å². The first-order chi connectivity index (χ1) is 6.79. The van der Waals surface area contributed by atoms with E-state index < -0.39 is 0 Å². The molecule has 14 heavy (non-hydrogen) atoms. The van der Waals surface area contributed by atoms with Crippen LogP contribution in [0.3, 0.4) is 0 Å². The SMILES string of the molecule is COC1CCCC1NCC1(CN)CC1. The van der Waals surface area contributed by atoms with Crippen LogP contribution in [0.5, 0.6) is 0 Å². The molecule has 2 atom stereocenters. The Morgan fingerprint density at radius 1 is 1.43 bits per heavy atom. The molecule has 2 aliphatic rings. The molecule has 0 aromatic heterocycles. The zero-order chi connectivity index (χ0) is 10.0. The smallest absolute Gasteiger partial charge is 0.0724 e. The lowest BCUT2D eigenvalue weighted by molar-refractivity contribution is 0.0835. The lowest BCUT2D eigenvalue weighted by Gasteiger charge is -2.22. The van der Waals surface area contributed by atoms with Gasteiger partial charge in [-0.05, 0) is 44.1 Å². The highest BCUT2D eigenvalue weighted by atomic mass is 16.5. The molecule has 0 saturated heterocycles. The third kappa shape index (κ3) is 2.10. The van der Waals surface area contributed by atoms with E-state index in [4.69, 9.17) is 10.5 Å². The van der Waals surface area contributed by atoms with Crippen LogP contribution in [0.15, 0.2) is 0 Å². The lowest BCUT2D eigenvalue weighted by atomic mass is 10.1. The Kier molecular flexibility index (Phi) is 3.10. The molecular formula is C11H22N2O. The van der Waals surface area contributed by atoms with Crippen LogP contribution < -0.4 is 11.1 Å². The van der Waals surface area contributed by atoms with Crippen molar-refractivity contribution < 1.29 is 4.74 Å². The average Bonchev–Trinajstić information content (AvgIpc) is 2.86. The molecule has 2 aliphatic carbocycles. The second kappa shape index (κ2) is 4.17. The first-order valence-corrected chi connectivity index (χ1v) is 5.76. The van der Waals surface area contributed by atoms with Gasteiger partial charge < -0.3 is 15.8 Å². The summed E-state index contributed by atoms with van der Waals surface area (Å²) in [5.74, 6) is 0. The third-order valence-corrected chi connectivity index (χ3v) is 3.88. The van der Waals surface area contributed by atoms with Gasteiger partial charge in [-0.2, -0.15) is 0 Å². The minimum atomic E-state index is 0.434. The maximum absolute atomic E-state index is 5.75. The highest BCUT2D eigenvalue weighted by Crippen LogP contribution is 2.44. The third-order valence-electron chi connectivity index (χ3n) is 3.88. The van der Waals surface area contributed by atoms with Crippen molar-refractivity contribution in [3.63, 3.8) is 0 Å². The molecule has 3 N–H and O–H groups in total. The molecule has 0 heterocycles. The van der Waals surface area contributed by atoms with Gasteiger partial charge in [0.05, 0.1) is 6.10 Å². The van der Waals surface area contributed by atoms with Gasteiger partial charge in [0, 0.05) is 19.7 Å². The maximum Gasteiger partial charge on any atom is 0.0724 e. The van der Waals surface area contributed by atoms with Gasteiger partial charge in [0.25, 0.3) is 0 Å². The summed E-state index contributed by atoms with van der Waals surface area (Å²) in [5.41, 5.74) is 6.19. The number of methoxy groups -OCH3 is 1. The highest BCUT2D eigenvalue weighted by Gasteiger charge is 2.41. The second-order valence-electron chi connectivity index (χ2n) is 4.90. The van der Waals surface area contributed by atoms with Crippen LogP contribution in [0.25, 0.3) is 0 Å². The van der Waals surface area contributed by atoms with E-state index in [0.29, 0.717) is 17.6 Å². The molecule has 2 unspecified atom stereocenters. The van der Waals surface area contributed by atoms with Crippen LogP contribution in [0.1, 0.15) is 32.1 Å². The molecular weight excluding hydrogens is 176 g/mol. The first kappa shape index (κ1) is 10.4. The van der Waals surface area contributed by atoms with E-state index in [2.05, 4.69) is 5.32 Å². The summed E-state index contributed by atoms with van der Waals surface area (Å²) in [5, 5.41) is 3.63. The fraction of sp³-hybridized carbons (Fsp3) is 1.00. The van der Waals surface area contributed by atoms with Crippen molar-refractivity contribution in [1.29, 1.82) is 0 Å². The fourth-order valence-corrected chi connectivity index (χ4v) is 2.42. The van der Waals surface area contributed by atoms with E-state index in [1.807, 2.05) is 7.11 Å². The summed E-state index contributed by atoms with van der Waals surface area (Å²) in [6, 6.07) is 0.573. The predicted molar refractivity (Wildman–Crippen MR) is 57.2 cm³/mol. The van der Waals surface area contributed by atoms with E-state index >= 15 is 0 Å². The van der Waals surface area contributed by atoms with Crippen LogP contribution in [-0.4, -0.2) is 32.3 Å². The number of nitrogens with one attached hydrogen (secondary N) is 1. The molecule has 0 amide bonds. The first-order valence-electron chi connectivity index (χ1n) is 5.76. The minimum absolute atomic E-state index is 0.434. The second-order valence-corrected chi connectivity index (χ2v) is 4.90. The van der Waals surface area contributed by atoms with Crippen molar-refractivity contribution in [2.45, 2.75) is 44.2 Å². The molecule has 0 bridgehead atoms. The largest absolute Gasteiger partial charge is 0.380 e. The summed E-state index contributed by atoms with van der Waals surface area (Å²) >= 11 is 0. The lowest BCUT2D eigenvalue weighted by Crippen LogP contribution is -2.41. The summed E-state index contributed by atoms with van der Waals surface area (Å²) < 4.78 is 5.45. The maximum atomic E-state index is 5.75. The van der Waals surface area contributed by atoms with Crippen molar-refractivity contribution in [1.82, 2.24) is 5.32 Å². The average molecular weight is 198 g/mol. The van der Waals surface area contributed by atoms with Gasteiger partial charge in [-0.3, -0.25) is 0 Å².